The van der Waals surface area contributed by atoms with Gasteiger partial charge in [0.15, 0.2) is 0 Å². The normalized spacial score (nSPS) is 19.9. The molecule has 0 spiro atoms. The summed E-state index contributed by atoms with van der Waals surface area (Å²) in [5, 5.41) is 2.94. The van der Waals surface area contributed by atoms with Gasteiger partial charge in [0.1, 0.15) is 5.82 Å². The molecule has 2 atom stereocenters. The van der Waals surface area contributed by atoms with Crippen molar-refractivity contribution in [3.8, 4) is 0 Å². The van der Waals surface area contributed by atoms with Gasteiger partial charge in [-0.15, -0.1) is 0 Å². The summed E-state index contributed by atoms with van der Waals surface area (Å²) in [6.45, 7) is 6.34. The average molecular weight is 293 g/mol. The molecule has 0 aromatic heterocycles. The minimum absolute atomic E-state index is 0.0785. The van der Waals surface area contributed by atoms with Crippen LogP contribution in [0.2, 0.25) is 0 Å². The zero-order chi connectivity index (χ0) is 15.4. The fourth-order valence-electron chi connectivity index (χ4n) is 2.55. The molecule has 0 radical (unpaired) electrons. The summed E-state index contributed by atoms with van der Waals surface area (Å²) < 4.78 is 12.9. The highest BCUT2D eigenvalue weighted by Gasteiger charge is 2.24. The molecule has 1 aliphatic heterocycles. The van der Waals surface area contributed by atoms with Crippen LogP contribution in [0.5, 0.6) is 0 Å². The quantitative estimate of drug-likeness (QED) is 0.869. The van der Waals surface area contributed by atoms with E-state index in [-0.39, 0.29) is 17.6 Å². The van der Waals surface area contributed by atoms with E-state index < -0.39 is 6.04 Å². The molecule has 0 bridgehead atoms. The van der Waals surface area contributed by atoms with Crippen molar-refractivity contribution in [2.24, 2.45) is 17.6 Å². The Kier molecular flexibility index (Phi) is 5.17. The zero-order valence-electron chi connectivity index (χ0n) is 12.7. The molecule has 1 heterocycles. The molecule has 3 N–H and O–H groups in total. The van der Waals surface area contributed by atoms with Crippen molar-refractivity contribution in [2.45, 2.75) is 26.3 Å². The lowest BCUT2D eigenvalue weighted by Crippen LogP contribution is -2.45. The van der Waals surface area contributed by atoms with Crippen LogP contribution in [-0.4, -0.2) is 31.6 Å². The molecule has 1 saturated heterocycles. The number of benzene rings is 1. The third-order valence-corrected chi connectivity index (χ3v) is 4.06. The van der Waals surface area contributed by atoms with Crippen molar-refractivity contribution >= 4 is 11.6 Å². The van der Waals surface area contributed by atoms with Crippen LogP contribution in [0.15, 0.2) is 24.3 Å². The molecule has 1 unspecified atom stereocenters. The van der Waals surface area contributed by atoms with Gasteiger partial charge in [-0.3, -0.25) is 4.79 Å². The smallest absolute Gasteiger partial charge is 0.237 e. The Hall–Kier alpha value is -1.62. The summed E-state index contributed by atoms with van der Waals surface area (Å²) in [5.41, 5.74) is 6.85. The van der Waals surface area contributed by atoms with Crippen LogP contribution in [0.3, 0.4) is 0 Å². The van der Waals surface area contributed by atoms with Gasteiger partial charge in [-0.2, -0.15) is 0 Å². The van der Waals surface area contributed by atoms with Gasteiger partial charge < -0.3 is 16.0 Å². The maximum atomic E-state index is 12.9. The maximum Gasteiger partial charge on any atom is 0.237 e. The van der Waals surface area contributed by atoms with Gasteiger partial charge in [-0.1, -0.05) is 13.8 Å². The number of carbonyl (C=O) groups is 1. The average Bonchev–Trinajstić information content (AvgIpc) is 2.93. The van der Waals surface area contributed by atoms with E-state index in [1.165, 1.54) is 12.1 Å². The molecule has 1 fully saturated rings. The van der Waals surface area contributed by atoms with Gasteiger partial charge >= 0.3 is 0 Å². The number of nitrogens with two attached hydrogens (primary N) is 1. The van der Waals surface area contributed by atoms with Crippen LogP contribution in [-0.2, 0) is 4.79 Å². The number of hydrogen-bond acceptors (Lipinski definition) is 3. The monoisotopic (exact) mass is 293 g/mol. The van der Waals surface area contributed by atoms with E-state index in [4.69, 9.17) is 5.73 Å². The van der Waals surface area contributed by atoms with Crippen molar-refractivity contribution in [3.63, 3.8) is 0 Å². The molecule has 4 nitrogen and oxygen atoms in total. The molecular weight excluding hydrogens is 269 g/mol. The van der Waals surface area contributed by atoms with Crippen molar-refractivity contribution in [3.05, 3.63) is 30.1 Å². The van der Waals surface area contributed by atoms with Crippen molar-refractivity contribution < 1.29 is 9.18 Å². The molecule has 2 rings (SSSR count). The van der Waals surface area contributed by atoms with Gasteiger partial charge in [0.05, 0.1) is 6.04 Å². The summed E-state index contributed by atoms with van der Waals surface area (Å²) in [4.78, 5) is 14.1. The standard InChI is InChI=1S/C16H24FN3O/c1-11(2)15(18)16(21)19-9-12-7-8-20(10-12)14-5-3-13(17)4-6-14/h3-6,11-12,15H,7-10,18H2,1-2H3,(H,19,21)/t12?,15-/m0/s1. The van der Waals surface area contributed by atoms with E-state index in [0.717, 1.165) is 25.2 Å². The van der Waals surface area contributed by atoms with E-state index in [1.807, 2.05) is 13.8 Å². The Bertz CT molecular complexity index is 475. The van der Waals surface area contributed by atoms with Crippen LogP contribution < -0.4 is 16.0 Å². The molecular formula is C16H24FN3O. The minimum atomic E-state index is -0.445. The highest BCUT2D eigenvalue weighted by Crippen LogP contribution is 2.23. The summed E-state index contributed by atoms with van der Waals surface area (Å²) in [6.07, 6.45) is 1.02. The van der Waals surface area contributed by atoms with Gasteiger partial charge in [0, 0.05) is 25.3 Å². The van der Waals surface area contributed by atoms with E-state index in [0.29, 0.717) is 12.5 Å². The van der Waals surface area contributed by atoms with Crippen molar-refractivity contribution in [1.82, 2.24) is 5.32 Å². The van der Waals surface area contributed by atoms with Gasteiger partial charge in [0.25, 0.3) is 0 Å². The molecule has 1 aromatic carbocycles. The first kappa shape index (κ1) is 15.8. The van der Waals surface area contributed by atoms with Gasteiger partial charge in [-0.25, -0.2) is 4.39 Å². The van der Waals surface area contributed by atoms with Crippen LogP contribution in [0.1, 0.15) is 20.3 Å². The Labute approximate surface area is 125 Å². The van der Waals surface area contributed by atoms with Crippen LogP contribution in [0.4, 0.5) is 10.1 Å². The first-order valence-electron chi connectivity index (χ1n) is 7.51. The summed E-state index contributed by atoms with van der Waals surface area (Å²) in [5.74, 6) is 0.261. The fourth-order valence-corrected chi connectivity index (χ4v) is 2.55. The first-order valence-corrected chi connectivity index (χ1v) is 7.51. The number of carbonyl (C=O) groups excluding carboxylic acids is 1. The SMILES string of the molecule is CC(C)[C@H](N)C(=O)NCC1CCN(c2ccc(F)cc2)C1. The number of rotatable bonds is 5. The summed E-state index contributed by atoms with van der Waals surface area (Å²) >= 11 is 0. The lowest BCUT2D eigenvalue weighted by Gasteiger charge is -2.20. The van der Waals surface area contributed by atoms with Crippen LogP contribution in [0, 0.1) is 17.7 Å². The predicted molar refractivity (Wildman–Crippen MR) is 82.5 cm³/mol. The molecule has 1 aliphatic rings. The second kappa shape index (κ2) is 6.89. The third kappa shape index (κ3) is 4.17. The Morgan fingerprint density at radius 1 is 1.43 bits per heavy atom. The maximum absolute atomic E-state index is 12.9. The molecule has 0 saturated carbocycles. The topological polar surface area (TPSA) is 58.4 Å². The van der Waals surface area contributed by atoms with E-state index in [1.54, 1.807) is 12.1 Å². The van der Waals surface area contributed by atoms with Crippen molar-refractivity contribution in [2.75, 3.05) is 24.5 Å². The number of amides is 1. The summed E-state index contributed by atoms with van der Waals surface area (Å²) in [7, 11) is 0. The second-order valence-electron chi connectivity index (χ2n) is 6.09. The highest BCUT2D eigenvalue weighted by atomic mass is 19.1. The van der Waals surface area contributed by atoms with E-state index >= 15 is 0 Å². The van der Waals surface area contributed by atoms with Crippen LogP contribution >= 0.6 is 0 Å². The molecule has 116 valence electrons. The third-order valence-electron chi connectivity index (χ3n) is 4.06. The molecule has 1 amide bonds. The van der Waals surface area contributed by atoms with Crippen LogP contribution in [0.25, 0.3) is 0 Å². The van der Waals surface area contributed by atoms with Crippen molar-refractivity contribution in [1.29, 1.82) is 0 Å². The number of anilines is 1. The number of hydrogen-bond donors (Lipinski definition) is 2. The van der Waals surface area contributed by atoms with Gasteiger partial charge in [0.2, 0.25) is 5.91 Å². The van der Waals surface area contributed by atoms with Gasteiger partial charge in [-0.05, 0) is 42.5 Å². The summed E-state index contributed by atoms with van der Waals surface area (Å²) in [6, 6.07) is 6.10. The number of halogens is 1. The second-order valence-corrected chi connectivity index (χ2v) is 6.09. The lowest BCUT2D eigenvalue weighted by molar-refractivity contribution is -0.123. The predicted octanol–water partition coefficient (Wildman–Crippen LogP) is 1.75. The Morgan fingerprint density at radius 2 is 2.10 bits per heavy atom. The molecule has 5 heteroatoms. The number of nitrogens with one attached hydrogen (secondary N) is 1. The minimum Gasteiger partial charge on any atom is -0.371 e. The lowest BCUT2D eigenvalue weighted by atomic mass is 10.0. The largest absolute Gasteiger partial charge is 0.371 e. The Morgan fingerprint density at radius 3 is 2.71 bits per heavy atom. The molecule has 0 aliphatic carbocycles. The van der Waals surface area contributed by atoms with E-state index in [9.17, 15) is 9.18 Å². The fraction of sp³-hybridized carbons (Fsp3) is 0.562. The molecule has 21 heavy (non-hydrogen) atoms. The Balaban J connectivity index is 1.80. The zero-order valence-corrected chi connectivity index (χ0v) is 12.7. The molecule has 1 aromatic rings. The first-order chi connectivity index (χ1) is 9.97. The van der Waals surface area contributed by atoms with E-state index in [2.05, 4.69) is 10.2 Å². The number of nitrogens with zero attached hydrogens (tertiary/aromatic N) is 1. The highest BCUT2D eigenvalue weighted by molar-refractivity contribution is 5.81.